The highest BCUT2D eigenvalue weighted by Crippen LogP contribution is 2.35. The summed E-state index contributed by atoms with van der Waals surface area (Å²) in [6.45, 7) is 2.29. The Kier molecular flexibility index (Phi) is 4.55. The van der Waals surface area contributed by atoms with Crippen molar-refractivity contribution in [3.05, 3.63) is 28.1 Å². The molecule has 1 aliphatic heterocycles. The van der Waals surface area contributed by atoms with Gasteiger partial charge in [-0.15, -0.1) is 0 Å². The molecule has 0 spiro atoms. The molecule has 2 aliphatic rings. The van der Waals surface area contributed by atoms with Crippen LogP contribution in [0.3, 0.4) is 0 Å². The van der Waals surface area contributed by atoms with Crippen molar-refractivity contribution in [2.24, 2.45) is 5.92 Å². The lowest BCUT2D eigenvalue weighted by Crippen LogP contribution is -2.36. The molecule has 1 aromatic carbocycles. The van der Waals surface area contributed by atoms with Crippen LogP contribution in [-0.2, 0) is 4.79 Å². The summed E-state index contributed by atoms with van der Waals surface area (Å²) < 4.78 is 19.4. The van der Waals surface area contributed by atoms with Crippen LogP contribution in [0.4, 0.5) is 15.8 Å². The maximum absolute atomic E-state index is 14.4. The number of benzene rings is 1. The Morgan fingerprint density at radius 3 is 2.67 bits per heavy atom. The number of amides is 1. The summed E-state index contributed by atoms with van der Waals surface area (Å²) in [6, 6.07) is 2.26. The molecule has 1 saturated carbocycles. The first-order valence-corrected chi connectivity index (χ1v) is 8.07. The van der Waals surface area contributed by atoms with Crippen molar-refractivity contribution in [3.8, 4) is 5.75 Å². The standard InChI is InChI=1S/C16H20FN3O4/c1-24-15-10-13(12(17)9-14(15)20(22)23)18-5-2-6-19(8-7-18)16(21)11-3-4-11/h9-11H,2-8H2,1H3. The maximum atomic E-state index is 14.4. The quantitative estimate of drug-likeness (QED) is 0.622. The second-order valence-corrected chi connectivity index (χ2v) is 6.17. The second-order valence-electron chi connectivity index (χ2n) is 6.17. The number of carbonyl (C=O) groups excluding carboxylic acids is 1. The van der Waals surface area contributed by atoms with Gasteiger partial charge in [0.2, 0.25) is 5.91 Å². The molecule has 1 heterocycles. The Hall–Kier alpha value is -2.38. The molecule has 1 saturated heterocycles. The van der Waals surface area contributed by atoms with Gasteiger partial charge in [0, 0.05) is 38.2 Å². The molecule has 7 nitrogen and oxygen atoms in total. The fourth-order valence-corrected chi connectivity index (χ4v) is 3.05. The third kappa shape index (κ3) is 3.27. The highest BCUT2D eigenvalue weighted by Gasteiger charge is 2.34. The number of hydrogen-bond donors (Lipinski definition) is 0. The van der Waals surface area contributed by atoms with Gasteiger partial charge in [0.25, 0.3) is 0 Å². The molecule has 1 aromatic rings. The molecule has 24 heavy (non-hydrogen) atoms. The van der Waals surface area contributed by atoms with E-state index < -0.39 is 10.7 Å². The molecular formula is C16H20FN3O4. The maximum Gasteiger partial charge on any atom is 0.313 e. The van der Waals surface area contributed by atoms with Crippen molar-refractivity contribution in [1.29, 1.82) is 0 Å². The van der Waals surface area contributed by atoms with Gasteiger partial charge in [-0.1, -0.05) is 0 Å². The number of anilines is 1. The molecule has 3 rings (SSSR count). The summed E-state index contributed by atoms with van der Waals surface area (Å²) in [5.74, 6) is -0.248. The lowest BCUT2D eigenvalue weighted by atomic mass is 10.2. The number of nitro benzene ring substituents is 1. The van der Waals surface area contributed by atoms with Crippen LogP contribution in [-0.4, -0.2) is 49.0 Å². The minimum Gasteiger partial charge on any atom is -0.490 e. The molecule has 130 valence electrons. The van der Waals surface area contributed by atoms with Crippen molar-refractivity contribution in [2.75, 3.05) is 38.2 Å². The second kappa shape index (κ2) is 6.62. The molecular weight excluding hydrogens is 317 g/mol. The van der Waals surface area contributed by atoms with Crippen LogP contribution < -0.4 is 9.64 Å². The average molecular weight is 337 g/mol. The Bertz CT molecular complexity index is 663. The van der Waals surface area contributed by atoms with E-state index in [0.717, 1.165) is 25.3 Å². The normalized spacial score (nSPS) is 18.2. The Morgan fingerprint density at radius 2 is 2.04 bits per heavy atom. The molecule has 0 aromatic heterocycles. The SMILES string of the molecule is COc1cc(N2CCCN(C(=O)C3CC3)CC2)c(F)cc1[N+](=O)[O-]. The van der Waals surface area contributed by atoms with E-state index in [2.05, 4.69) is 0 Å². The van der Waals surface area contributed by atoms with Gasteiger partial charge in [-0.05, 0) is 19.3 Å². The largest absolute Gasteiger partial charge is 0.490 e. The number of halogens is 1. The van der Waals surface area contributed by atoms with E-state index in [4.69, 9.17) is 4.74 Å². The van der Waals surface area contributed by atoms with Crippen LogP contribution in [0.25, 0.3) is 0 Å². The summed E-state index contributed by atoms with van der Waals surface area (Å²) in [5, 5.41) is 11.0. The Balaban J connectivity index is 1.78. The first kappa shape index (κ1) is 16.5. The van der Waals surface area contributed by atoms with E-state index in [0.29, 0.717) is 26.2 Å². The molecule has 0 unspecified atom stereocenters. The number of hydrogen-bond acceptors (Lipinski definition) is 5. The van der Waals surface area contributed by atoms with E-state index in [1.807, 2.05) is 9.80 Å². The molecule has 2 fully saturated rings. The van der Waals surface area contributed by atoms with Gasteiger partial charge in [-0.3, -0.25) is 14.9 Å². The zero-order valence-electron chi connectivity index (χ0n) is 13.5. The highest BCUT2D eigenvalue weighted by molar-refractivity contribution is 5.81. The van der Waals surface area contributed by atoms with Gasteiger partial charge in [-0.2, -0.15) is 0 Å². The molecule has 0 bridgehead atoms. The van der Waals surface area contributed by atoms with E-state index >= 15 is 0 Å². The third-order valence-electron chi connectivity index (χ3n) is 4.52. The fourth-order valence-electron chi connectivity index (χ4n) is 3.05. The zero-order valence-corrected chi connectivity index (χ0v) is 13.5. The van der Waals surface area contributed by atoms with Gasteiger partial charge < -0.3 is 14.5 Å². The first-order chi connectivity index (χ1) is 11.5. The van der Waals surface area contributed by atoms with Crippen LogP contribution in [0.15, 0.2) is 12.1 Å². The number of methoxy groups -OCH3 is 1. The summed E-state index contributed by atoms with van der Waals surface area (Å²) in [7, 11) is 1.32. The van der Waals surface area contributed by atoms with E-state index in [-0.39, 0.29) is 28.9 Å². The number of ether oxygens (including phenoxy) is 1. The Labute approximate surface area is 139 Å². The minimum absolute atomic E-state index is 0.0339. The predicted molar refractivity (Wildman–Crippen MR) is 85.7 cm³/mol. The van der Waals surface area contributed by atoms with E-state index in [9.17, 15) is 19.3 Å². The predicted octanol–water partition coefficient (Wildman–Crippen LogP) is 2.19. The molecule has 1 aliphatic carbocycles. The molecule has 1 amide bonds. The van der Waals surface area contributed by atoms with Crippen LogP contribution in [0.5, 0.6) is 5.75 Å². The molecule has 0 N–H and O–H groups in total. The lowest BCUT2D eigenvalue weighted by Gasteiger charge is -2.24. The average Bonchev–Trinajstić information content (AvgIpc) is 3.40. The number of carbonyl (C=O) groups is 1. The fraction of sp³-hybridized carbons (Fsp3) is 0.562. The van der Waals surface area contributed by atoms with E-state index in [1.54, 1.807) is 0 Å². The van der Waals surface area contributed by atoms with Gasteiger partial charge >= 0.3 is 5.69 Å². The van der Waals surface area contributed by atoms with Crippen LogP contribution >= 0.6 is 0 Å². The molecule has 0 radical (unpaired) electrons. The van der Waals surface area contributed by atoms with Gasteiger partial charge in [0.15, 0.2) is 11.6 Å². The van der Waals surface area contributed by atoms with Crippen molar-refractivity contribution in [2.45, 2.75) is 19.3 Å². The van der Waals surface area contributed by atoms with Crippen molar-refractivity contribution in [3.63, 3.8) is 0 Å². The van der Waals surface area contributed by atoms with Gasteiger partial charge in [-0.25, -0.2) is 4.39 Å². The van der Waals surface area contributed by atoms with Crippen molar-refractivity contribution >= 4 is 17.3 Å². The number of rotatable bonds is 4. The zero-order chi connectivity index (χ0) is 17.3. The summed E-state index contributed by atoms with van der Waals surface area (Å²) in [5.41, 5.74) is -0.114. The smallest absolute Gasteiger partial charge is 0.313 e. The monoisotopic (exact) mass is 337 g/mol. The van der Waals surface area contributed by atoms with Crippen LogP contribution in [0.2, 0.25) is 0 Å². The number of nitro groups is 1. The summed E-state index contributed by atoms with van der Waals surface area (Å²) >= 11 is 0. The van der Waals surface area contributed by atoms with Crippen molar-refractivity contribution in [1.82, 2.24) is 4.90 Å². The van der Waals surface area contributed by atoms with Gasteiger partial charge in [0.1, 0.15) is 0 Å². The summed E-state index contributed by atoms with van der Waals surface area (Å²) in [4.78, 5) is 26.2. The van der Waals surface area contributed by atoms with Crippen LogP contribution in [0, 0.1) is 21.8 Å². The Morgan fingerprint density at radius 1 is 1.29 bits per heavy atom. The highest BCUT2D eigenvalue weighted by atomic mass is 19.1. The minimum atomic E-state index is -0.663. The topological polar surface area (TPSA) is 75.9 Å². The number of nitrogens with zero attached hydrogens (tertiary/aromatic N) is 3. The lowest BCUT2D eigenvalue weighted by molar-refractivity contribution is -0.385. The summed E-state index contributed by atoms with van der Waals surface area (Å²) in [6.07, 6.45) is 2.66. The van der Waals surface area contributed by atoms with Gasteiger partial charge in [0.05, 0.1) is 23.8 Å². The molecule has 0 atom stereocenters. The first-order valence-electron chi connectivity index (χ1n) is 8.07. The molecule has 8 heteroatoms. The van der Waals surface area contributed by atoms with Crippen molar-refractivity contribution < 1.29 is 18.8 Å². The third-order valence-corrected chi connectivity index (χ3v) is 4.52. The van der Waals surface area contributed by atoms with Crippen LogP contribution in [0.1, 0.15) is 19.3 Å². The van der Waals surface area contributed by atoms with E-state index in [1.165, 1.54) is 13.2 Å².